The minimum absolute atomic E-state index is 0.242. The number of carbonyl (C=O) groups excluding carboxylic acids is 1. The van der Waals surface area contributed by atoms with E-state index in [9.17, 15) is 61.0 Å². The lowest BCUT2D eigenvalue weighted by Crippen LogP contribution is -2.67. The Morgan fingerprint density at radius 2 is 0.815 bits per heavy atom. The second kappa shape index (κ2) is 45.6. The summed E-state index contributed by atoms with van der Waals surface area (Å²) in [6.07, 6.45) is 21.2. The van der Waals surface area contributed by atoms with E-state index in [1.165, 1.54) is 161 Å². The number of amides is 1. The second-order valence-electron chi connectivity index (χ2n) is 23.2. The molecule has 17 atom stereocenters. The number of aliphatic hydroxyl groups excluding tert-OH is 11. The molecule has 0 spiro atoms. The summed E-state index contributed by atoms with van der Waals surface area (Å²) in [7, 11) is 0. The highest BCUT2D eigenvalue weighted by atomic mass is 16.8. The number of hydrogen-bond donors (Lipinski definition) is 12. The summed E-state index contributed by atoms with van der Waals surface area (Å²) in [5, 5.41) is 120. The third kappa shape index (κ3) is 29.0. The van der Waals surface area contributed by atoms with Crippen molar-refractivity contribution in [3.8, 4) is 0 Å². The van der Waals surface area contributed by atoms with Crippen LogP contribution in [0, 0.1) is 0 Å². The minimum atomic E-state index is -1.97. The quantitative estimate of drug-likeness (QED) is 0.0222. The summed E-state index contributed by atoms with van der Waals surface area (Å²) < 4.78 is 34.3. The number of ether oxygens (including phenoxy) is 6. The second-order valence-corrected chi connectivity index (χ2v) is 23.2. The monoisotopic (exact) mass is 1160 g/mol. The zero-order valence-corrected chi connectivity index (χ0v) is 49.8. The summed E-state index contributed by atoms with van der Waals surface area (Å²) in [5.74, 6) is -0.278. The van der Waals surface area contributed by atoms with Crippen LogP contribution in [0.4, 0.5) is 0 Å². The number of hydrogen-bond acceptors (Lipinski definition) is 18. The van der Waals surface area contributed by atoms with Gasteiger partial charge in [0.25, 0.3) is 0 Å². The maximum Gasteiger partial charge on any atom is 0.220 e. The van der Waals surface area contributed by atoms with Crippen molar-refractivity contribution in [2.45, 2.75) is 336 Å². The standard InChI is InChI=1S/C62H115NO18/c1-3-5-7-9-11-13-15-17-18-19-20-21-22-23-24-25-26-28-30-32-34-36-38-40-50(68)63-45(46(67)39-37-35-33-31-29-27-16-14-12-10-8-6-4-2)44-76-60-56(74)54(72)58(49(43-66)79-60)80-62-57(75)59(52(70)48(42-65)78-62)81-61-55(73)53(71)51(69)47(41-64)77-61/h17-18,37,39,45-49,51-62,64-67,69-75H,3-16,19-36,38,40-44H2,1-2H3,(H,63,68)/b18-17-,39-37+/t45-,46+,47?,48?,49?,51-,52-,53-,54+,55?,56?,57?,58+,59-,60+,61+,62-/m0/s1. The molecule has 3 aliphatic heterocycles. The molecule has 19 nitrogen and oxygen atoms in total. The Bertz CT molecular complexity index is 1580. The molecule has 81 heavy (non-hydrogen) atoms. The molecule has 0 radical (unpaired) electrons. The number of aliphatic hydroxyl groups is 11. The van der Waals surface area contributed by atoms with E-state index in [0.717, 1.165) is 44.9 Å². The van der Waals surface area contributed by atoms with Crippen LogP contribution in [0.1, 0.15) is 232 Å². The first kappa shape index (κ1) is 73.5. The van der Waals surface area contributed by atoms with Gasteiger partial charge in [0.2, 0.25) is 5.91 Å². The average molecular weight is 1160 g/mol. The van der Waals surface area contributed by atoms with Crippen molar-refractivity contribution in [1.29, 1.82) is 0 Å². The Morgan fingerprint density at radius 1 is 0.432 bits per heavy atom. The smallest absolute Gasteiger partial charge is 0.220 e. The van der Waals surface area contributed by atoms with E-state index in [0.29, 0.717) is 6.42 Å². The highest BCUT2D eigenvalue weighted by molar-refractivity contribution is 5.76. The molecule has 0 aromatic heterocycles. The fourth-order valence-corrected chi connectivity index (χ4v) is 10.9. The number of carbonyl (C=O) groups is 1. The van der Waals surface area contributed by atoms with Gasteiger partial charge < -0.3 is 89.9 Å². The zero-order valence-electron chi connectivity index (χ0n) is 49.8. The van der Waals surface area contributed by atoms with E-state index >= 15 is 0 Å². The Morgan fingerprint density at radius 3 is 1.28 bits per heavy atom. The Kier molecular flexibility index (Phi) is 41.4. The van der Waals surface area contributed by atoms with Crippen LogP contribution in [0.25, 0.3) is 0 Å². The summed E-state index contributed by atoms with van der Waals surface area (Å²) in [6.45, 7) is 1.69. The predicted molar refractivity (Wildman–Crippen MR) is 310 cm³/mol. The molecule has 0 aromatic rings. The van der Waals surface area contributed by atoms with Crippen LogP contribution in [-0.2, 0) is 33.2 Å². The molecule has 1 amide bonds. The van der Waals surface area contributed by atoms with Crippen LogP contribution < -0.4 is 5.32 Å². The third-order valence-electron chi connectivity index (χ3n) is 16.2. The minimum Gasteiger partial charge on any atom is -0.394 e. The van der Waals surface area contributed by atoms with Gasteiger partial charge in [-0.1, -0.05) is 205 Å². The molecule has 3 rings (SSSR count). The molecule has 12 N–H and O–H groups in total. The van der Waals surface area contributed by atoms with E-state index in [1.807, 2.05) is 6.08 Å². The molecule has 6 unspecified atom stereocenters. The highest BCUT2D eigenvalue weighted by Gasteiger charge is 2.54. The largest absolute Gasteiger partial charge is 0.394 e. The van der Waals surface area contributed by atoms with Gasteiger partial charge in [-0.15, -0.1) is 0 Å². The molecular formula is C62H115NO18. The lowest BCUT2D eigenvalue weighted by atomic mass is 9.96. The van der Waals surface area contributed by atoms with E-state index in [1.54, 1.807) is 6.08 Å². The first-order valence-corrected chi connectivity index (χ1v) is 32.1. The Hall–Kier alpha value is -1.73. The van der Waals surface area contributed by atoms with E-state index in [2.05, 4.69) is 31.3 Å². The van der Waals surface area contributed by atoms with Gasteiger partial charge in [0.1, 0.15) is 73.2 Å². The normalized spacial score (nSPS) is 29.9. The molecule has 0 aromatic carbocycles. The van der Waals surface area contributed by atoms with Crippen molar-refractivity contribution >= 4 is 5.91 Å². The van der Waals surface area contributed by atoms with Gasteiger partial charge in [0.05, 0.1) is 38.6 Å². The Balaban J connectivity index is 1.47. The topological polar surface area (TPSA) is 307 Å². The fraction of sp³-hybridized carbons (Fsp3) is 0.919. The fourth-order valence-electron chi connectivity index (χ4n) is 10.9. The number of unbranched alkanes of at least 4 members (excludes halogenated alkanes) is 30. The summed E-state index contributed by atoms with van der Waals surface area (Å²) >= 11 is 0. The van der Waals surface area contributed by atoms with Crippen LogP contribution in [0.3, 0.4) is 0 Å². The summed E-state index contributed by atoms with van der Waals surface area (Å²) in [5.41, 5.74) is 0. The van der Waals surface area contributed by atoms with Crippen molar-refractivity contribution in [3.63, 3.8) is 0 Å². The average Bonchev–Trinajstić information content (AvgIpc) is 3.47. The predicted octanol–water partition coefficient (Wildman–Crippen LogP) is 6.71. The molecular weight excluding hydrogens is 1050 g/mol. The van der Waals surface area contributed by atoms with Crippen LogP contribution in [-0.4, -0.2) is 193 Å². The molecule has 3 fully saturated rings. The van der Waals surface area contributed by atoms with Crippen LogP contribution >= 0.6 is 0 Å². The van der Waals surface area contributed by atoms with Gasteiger partial charge >= 0.3 is 0 Å². The lowest BCUT2D eigenvalue weighted by molar-refractivity contribution is -0.380. The van der Waals surface area contributed by atoms with E-state index in [4.69, 9.17) is 28.4 Å². The van der Waals surface area contributed by atoms with Crippen molar-refractivity contribution in [3.05, 3.63) is 24.3 Å². The molecule has 0 aliphatic carbocycles. The molecule has 476 valence electrons. The third-order valence-corrected chi connectivity index (χ3v) is 16.2. The molecule has 3 saturated heterocycles. The molecule has 0 saturated carbocycles. The van der Waals surface area contributed by atoms with E-state index < -0.39 is 124 Å². The van der Waals surface area contributed by atoms with Gasteiger partial charge in [0, 0.05) is 6.42 Å². The maximum atomic E-state index is 13.4. The van der Waals surface area contributed by atoms with Crippen molar-refractivity contribution in [2.75, 3.05) is 26.4 Å². The molecule has 0 bridgehead atoms. The highest BCUT2D eigenvalue weighted by Crippen LogP contribution is 2.33. The number of allylic oxidation sites excluding steroid dienone is 3. The van der Waals surface area contributed by atoms with Crippen molar-refractivity contribution < 1.29 is 89.4 Å². The van der Waals surface area contributed by atoms with Gasteiger partial charge in [-0.05, 0) is 44.9 Å². The Labute approximate surface area is 486 Å². The molecule has 3 aliphatic rings. The first-order valence-electron chi connectivity index (χ1n) is 32.1. The van der Waals surface area contributed by atoms with Gasteiger partial charge in [0.15, 0.2) is 18.9 Å². The summed E-state index contributed by atoms with van der Waals surface area (Å²) in [6, 6.07) is -0.976. The zero-order chi connectivity index (χ0) is 59.0. The van der Waals surface area contributed by atoms with Gasteiger partial charge in [-0.2, -0.15) is 0 Å². The van der Waals surface area contributed by atoms with Crippen LogP contribution in [0.2, 0.25) is 0 Å². The van der Waals surface area contributed by atoms with E-state index in [-0.39, 0.29) is 18.9 Å². The van der Waals surface area contributed by atoms with Gasteiger partial charge in [-0.3, -0.25) is 4.79 Å². The van der Waals surface area contributed by atoms with Crippen molar-refractivity contribution in [2.24, 2.45) is 0 Å². The number of nitrogens with one attached hydrogen (secondary N) is 1. The van der Waals surface area contributed by atoms with Crippen LogP contribution in [0.5, 0.6) is 0 Å². The lowest BCUT2D eigenvalue weighted by Gasteiger charge is -2.48. The summed E-state index contributed by atoms with van der Waals surface area (Å²) in [4.78, 5) is 13.4. The number of rotatable bonds is 48. The molecule has 19 heteroatoms. The van der Waals surface area contributed by atoms with Crippen molar-refractivity contribution in [1.82, 2.24) is 5.32 Å². The SMILES string of the molecule is CCCCCCCC/C=C\CCCCCCCCCCCCCCCC(=O)N[C@@H](CO[C@@H]1OC(CO)[C@@H](O[C@@H]2OC(CO)[C@H](O)[C@H](O[C@H]3OC(CO)[C@H](O)[C@H](O)C3O)C2O)[C@H](O)C1O)[C@H](O)/C=C/CCCCCCCCCCCCC. The maximum absolute atomic E-state index is 13.4. The first-order chi connectivity index (χ1) is 39.3. The van der Waals surface area contributed by atoms with Gasteiger partial charge in [-0.25, -0.2) is 0 Å². The molecule has 3 heterocycles. The van der Waals surface area contributed by atoms with Crippen LogP contribution in [0.15, 0.2) is 24.3 Å².